The van der Waals surface area contributed by atoms with Gasteiger partial charge in [-0.2, -0.15) is 0 Å². The fraction of sp³-hybridized carbons (Fsp3) is 0.417. The van der Waals surface area contributed by atoms with Crippen molar-refractivity contribution in [1.82, 2.24) is 0 Å². The molecule has 6 heteroatoms. The van der Waals surface area contributed by atoms with Gasteiger partial charge in [0.25, 0.3) is 0 Å². The predicted molar refractivity (Wildman–Crippen MR) is 62.5 cm³/mol. The van der Waals surface area contributed by atoms with E-state index in [0.717, 1.165) is 0 Å². The minimum Gasteiger partial charge on any atom is -0.494 e. The molecule has 1 aliphatic rings. The number of benzene rings is 1. The number of carbonyl (C=O) groups excluding carboxylic acids is 1. The van der Waals surface area contributed by atoms with Gasteiger partial charge in [0.2, 0.25) is 5.91 Å². The second-order valence-corrected chi connectivity index (χ2v) is 4.02. The quantitative estimate of drug-likeness (QED) is 0.873. The Bertz CT molecular complexity index is 477. The largest absolute Gasteiger partial charge is 0.494 e. The number of rotatable bonds is 3. The summed E-state index contributed by atoms with van der Waals surface area (Å²) in [5.74, 6) is -0.466. The summed E-state index contributed by atoms with van der Waals surface area (Å²) in [7, 11) is 2.77. The maximum absolute atomic E-state index is 13.7. The van der Waals surface area contributed by atoms with Crippen LogP contribution in [0.3, 0.4) is 0 Å². The number of amides is 1. The SMILES string of the molecule is COc1cc(OC)c(N2CC(O)CC2=O)cc1F. The van der Waals surface area contributed by atoms with Crippen LogP contribution in [0.25, 0.3) is 0 Å². The fourth-order valence-corrected chi connectivity index (χ4v) is 1.98. The van der Waals surface area contributed by atoms with Crippen molar-refractivity contribution in [3.63, 3.8) is 0 Å². The summed E-state index contributed by atoms with van der Waals surface area (Å²) in [5.41, 5.74) is 0.303. The maximum atomic E-state index is 13.7. The molecule has 1 N–H and O–H groups in total. The molecule has 5 nitrogen and oxygen atoms in total. The molecule has 1 fully saturated rings. The van der Waals surface area contributed by atoms with Crippen molar-refractivity contribution in [1.29, 1.82) is 0 Å². The highest BCUT2D eigenvalue weighted by molar-refractivity contribution is 5.97. The second kappa shape index (κ2) is 4.81. The van der Waals surface area contributed by atoms with Crippen LogP contribution in [0.2, 0.25) is 0 Å². The van der Waals surface area contributed by atoms with Crippen LogP contribution in [-0.4, -0.2) is 37.9 Å². The predicted octanol–water partition coefficient (Wildman–Crippen LogP) is 0.940. The maximum Gasteiger partial charge on any atom is 0.229 e. The summed E-state index contributed by atoms with van der Waals surface area (Å²) in [4.78, 5) is 13.0. The molecule has 1 aromatic rings. The van der Waals surface area contributed by atoms with Crippen LogP contribution in [-0.2, 0) is 4.79 Å². The normalized spacial score (nSPS) is 19.2. The molecule has 1 unspecified atom stereocenters. The summed E-state index contributed by atoms with van der Waals surface area (Å²) >= 11 is 0. The van der Waals surface area contributed by atoms with E-state index in [0.29, 0.717) is 11.4 Å². The van der Waals surface area contributed by atoms with Crippen molar-refractivity contribution in [2.24, 2.45) is 0 Å². The number of hydrogen-bond acceptors (Lipinski definition) is 4. The van der Waals surface area contributed by atoms with Gasteiger partial charge in [-0.05, 0) is 0 Å². The molecule has 0 aliphatic carbocycles. The van der Waals surface area contributed by atoms with Crippen molar-refractivity contribution >= 4 is 11.6 Å². The lowest BCUT2D eigenvalue weighted by molar-refractivity contribution is -0.117. The minimum absolute atomic E-state index is 0.0385. The number of β-amino-alcohol motifs (C(OH)–C–C–N with tert-alkyl or cyclic N) is 1. The van der Waals surface area contributed by atoms with Gasteiger partial charge in [0.15, 0.2) is 11.6 Å². The lowest BCUT2D eigenvalue weighted by Gasteiger charge is -2.19. The Hall–Kier alpha value is -1.82. The molecule has 1 aliphatic heterocycles. The lowest BCUT2D eigenvalue weighted by Crippen LogP contribution is -2.25. The molecule has 1 heterocycles. The van der Waals surface area contributed by atoms with E-state index >= 15 is 0 Å². The van der Waals surface area contributed by atoms with Crippen LogP contribution < -0.4 is 14.4 Å². The number of halogens is 1. The van der Waals surface area contributed by atoms with Gasteiger partial charge in [0.1, 0.15) is 5.75 Å². The number of aliphatic hydroxyl groups excluding tert-OH is 1. The van der Waals surface area contributed by atoms with Gasteiger partial charge in [-0.25, -0.2) is 4.39 Å². The third kappa shape index (κ3) is 2.11. The summed E-state index contributed by atoms with van der Waals surface area (Å²) in [6.07, 6.45) is -0.691. The molecule has 98 valence electrons. The zero-order valence-corrected chi connectivity index (χ0v) is 10.1. The zero-order valence-electron chi connectivity index (χ0n) is 10.1. The van der Waals surface area contributed by atoms with Crippen LogP contribution in [0.15, 0.2) is 12.1 Å². The molecule has 0 saturated carbocycles. The van der Waals surface area contributed by atoms with Gasteiger partial charge >= 0.3 is 0 Å². The van der Waals surface area contributed by atoms with Gasteiger partial charge in [-0.15, -0.1) is 0 Å². The molecular formula is C12H14FNO4. The van der Waals surface area contributed by atoms with E-state index in [1.165, 1.54) is 31.3 Å². The summed E-state index contributed by atoms with van der Waals surface area (Å²) in [6.45, 7) is 0.140. The first-order valence-electron chi connectivity index (χ1n) is 5.46. The van der Waals surface area contributed by atoms with Crippen LogP contribution >= 0.6 is 0 Å². The van der Waals surface area contributed by atoms with Crippen LogP contribution in [0.1, 0.15) is 6.42 Å². The molecule has 18 heavy (non-hydrogen) atoms. The first-order valence-corrected chi connectivity index (χ1v) is 5.46. The smallest absolute Gasteiger partial charge is 0.229 e. The number of aliphatic hydroxyl groups is 1. The van der Waals surface area contributed by atoms with Crippen molar-refractivity contribution in [2.45, 2.75) is 12.5 Å². The van der Waals surface area contributed by atoms with Crippen molar-refractivity contribution in [2.75, 3.05) is 25.7 Å². The minimum atomic E-state index is -0.729. The number of carbonyl (C=O) groups is 1. The molecule has 0 radical (unpaired) electrons. The number of methoxy groups -OCH3 is 2. The molecule has 1 aromatic carbocycles. The van der Waals surface area contributed by atoms with Crippen LogP contribution in [0, 0.1) is 5.82 Å². The van der Waals surface area contributed by atoms with Gasteiger partial charge in [-0.3, -0.25) is 4.79 Å². The Balaban J connectivity index is 2.44. The number of hydrogen-bond donors (Lipinski definition) is 1. The first kappa shape index (κ1) is 12.6. The van der Waals surface area contributed by atoms with Crippen molar-refractivity contribution in [3.05, 3.63) is 17.9 Å². The number of anilines is 1. The molecule has 0 aromatic heterocycles. The molecular weight excluding hydrogens is 241 g/mol. The fourth-order valence-electron chi connectivity index (χ4n) is 1.98. The molecule has 1 amide bonds. The topological polar surface area (TPSA) is 59.0 Å². The van der Waals surface area contributed by atoms with E-state index in [1.54, 1.807) is 0 Å². The highest BCUT2D eigenvalue weighted by Crippen LogP contribution is 2.36. The zero-order chi connectivity index (χ0) is 13.3. The van der Waals surface area contributed by atoms with E-state index in [1.807, 2.05) is 0 Å². The molecule has 0 spiro atoms. The monoisotopic (exact) mass is 255 g/mol. The van der Waals surface area contributed by atoms with Gasteiger partial charge in [-0.1, -0.05) is 0 Å². The number of nitrogens with zero attached hydrogens (tertiary/aromatic N) is 1. The van der Waals surface area contributed by atoms with E-state index < -0.39 is 11.9 Å². The summed E-state index contributed by atoms with van der Waals surface area (Å²) in [6, 6.07) is 2.55. The third-order valence-corrected chi connectivity index (χ3v) is 2.85. The Kier molecular flexibility index (Phi) is 3.38. The highest BCUT2D eigenvalue weighted by Gasteiger charge is 2.31. The Morgan fingerprint density at radius 2 is 2.00 bits per heavy atom. The Labute approximate surface area is 104 Å². The van der Waals surface area contributed by atoms with E-state index in [2.05, 4.69) is 0 Å². The van der Waals surface area contributed by atoms with E-state index in [-0.39, 0.29) is 24.6 Å². The summed E-state index contributed by atoms with van der Waals surface area (Å²) in [5, 5.41) is 9.44. The summed E-state index contributed by atoms with van der Waals surface area (Å²) < 4.78 is 23.6. The van der Waals surface area contributed by atoms with Gasteiger partial charge in [0, 0.05) is 12.1 Å². The third-order valence-electron chi connectivity index (χ3n) is 2.85. The molecule has 0 bridgehead atoms. The number of ether oxygens (including phenoxy) is 2. The van der Waals surface area contributed by atoms with Crippen molar-refractivity contribution in [3.8, 4) is 11.5 Å². The molecule has 1 saturated heterocycles. The Morgan fingerprint density at radius 1 is 1.33 bits per heavy atom. The van der Waals surface area contributed by atoms with Gasteiger partial charge < -0.3 is 19.5 Å². The van der Waals surface area contributed by atoms with Crippen molar-refractivity contribution < 1.29 is 23.8 Å². The van der Waals surface area contributed by atoms with Crippen LogP contribution in [0.5, 0.6) is 11.5 Å². The average molecular weight is 255 g/mol. The highest BCUT2D eigenvalue weighted by atomic mass is 19.1. The van der Waals surface area contributed by atoms with E-state index in [9.17, 15) is 14.3 Å². The van der Waals surface area contributed by atoms with Gasteiger partial charge in [0.05, 0.1) is 39.0 Å². The lowest BCUT2D eigenvalue weighted by atomic mass is 10.2. The standard InChI is InChI=1S/C12H14FNO4/c1-17-10-5-11(18-2)9(4-8(10)13)14-6-7(15)3-12(14)16/h4-5,7,15H,3,6H2,1-2H3. The van der Waals surface area contributed by atoms with Crippen LogP contribution in [0.4, 0.5) is 10.1 Å². The first-order chi connectivity index (χ1) is 8.56. The Morgan fingerprint density at radius 3 is 2.50 bits per heavy atom. The van der Waals surface area contributed by atoms with E-state index in [4.69, 9.17) is 9.47 Å². The molecule has 2 rings (SSSR count). The average Bonchev–Trinajstić information content (AvgIpc) is 2.68. The second-order valence-electron chi connectivity index (χ2n) is 4.02. The molecule has 1 atom stereocenters.